The van der Waals surface area contributed by atoms with E-state index in [0.29, 0.717) is 32.8 Å². The number of carbonyl (C=O) groups excluding carboxylic acids is 1. The van der Waals surface area contributed by atoms with Crippen LogP contribution in [0.2, 0.25) is 0 Å². The van der Waals surface area contributed by atoms with E-state index in [2.05, 4.69) is 6.58 Å². The number of carbonyl (C=O) groups is 1. The van der Waals surface area contributed by atoms with Gasteiger partial charge < -0.3 is 14.2 Å². The van der Waals surface area contributed by atoms with Crippen molar-refractivity contribution in [3.63, 3.8) is 0 Å². The molecule has 0 saturated heterocycles. The maximum Gasteiger partial charge on any atom is 0.305 e. The van der Waals surface area contributed by atoms with E-state index in [-0.39, 0.29) is 5.97 Å². The van der Waals surface area contributed by atoms with Gasteiger partial charge in [-0.05, 0) is 6.42 Å². The van der Waals surface area contributed by atoms with Gasteiger partial charge in [-0.2, -0.15) is 0 Å². The van der Waals surface area contributed by atoms with Crippen molar-refractivity contribution in [3.8, 4) is 0 Å². The molecule has 82 valence electrons. The first-order chi connectivity index (χ1) is 6.81. The van der Waals surface area contributed by atoms with Gasteiger partial charge in [0.15, 0.2) is 0 Å². The van der Waals surface area contributed by atoms with Crippen LogP contribution in [0.15, 0.2) is 12.8 Å². The molecule has 0 aromatic heterocycles. The highest BCUT2D eigenvalue weighted by Crippen LogP contribution is 1.90. The molecular weight excluding hydrogens is 184 g/mol. The molecule has 0 fully saturated rings. The van der Waals surface area contributed by atoms with Gasteiger partial charge in [0.05, 0.1) is 19.5 Å². The lowest BCUT2D eigenvalue weighted by Crippen LogP contribution is -2.11. The van der Waals surface area contributed by atoms with E-state index in [0.717, 1.165) is 6.42 Å². The Balaban J connectivity index is 3.05. The van der Waals surface area contributed by atoms with E-state index in [1.54, 1.807) is 0 Å². The van der Waals surface area contributed by atoms with Crippen molar-refractivity contribution < 1.29 is 19.0 Å². The largest absolute Gasteiger partial charge is 0.499 e. The summed E-state index contributed by atoms with van der Waals surface area (Å²) in [5.41, 5.74) is 0. The highest BCUT2D eigenvalue weighted by molar-refractivity contribution is 5.69. The fourth-order valence-corrected chi connectivity index (χ4v) is 0.783. The topological polar surface area (TPSA) is 44.8 Å². The van der Waals surface area contributed by atoms with Crippen LogP contribution < -0.4 is 0 Å². The Bertz CT molecular complexity index is 156. The molecule has 4 heteroatoms. The third kappa shape index (κ3) is 9.06. The van der Waals surface area contributed by atoms with Crippen LogP contribution in [0.25, 0.3) is 0 Å². The van der Waals surface area contributed by atoms with E-state index < -0.39 is 0 Å². The van der Waals surface area contributed by atoms with E-state index in [9.17, 15) is 4.79 Å². The number of hydrogen-bond acceptors (Lipinski definition) is 4. The van der Waals surface area contributed by atoms with Crippen LogP contribution in [0.3, 0.4) is 0 Å². The lowest BCUT2D eigenvalue weighted by molar-refractivity contribution is -0.145. The number of ether oxygens (including phenoxy) is 3. The zero-order valence-corrected chi connectivity index (χ0v) is 8.66. The van der Waals surface area contributed by atoms with Crippen molar-refractivity contribution in [1.29, 1.82) is 0 Å². The summed E-state index contributed by atoms with van der Waals surface area (Å²) in [5.74, 6) is -0.168. The molecule has 0 aromatic carbocycles. The molecule has 0 radical (unpaired) electrons. The Hall–Kier alpha value is -1.03. The van der Waals surface area contributed by atoms with Gasteiger partial charge in [-0.15, -0.1) is 0 Å². The zero-order chi connectivity index (χ0) is 10.6. The third-order valence-electron chi connectivity index (χ3n) is 1.41. The van der Waals surface area contributed by atoms with E-state index in [1.165, 1.54) is 6.26 Å². The average Bonchev–Trinajstić information content (AvgIpc) is 2.17. The van der Waals surface area contributed by atoms with Crippen LogP contribution in [0.5, 0.6) is 0 Å². The summed E-state index contributed by atoms with van der Waals surface area (Å²) in [6.45, 7) is 7.01. The Morgan fingerprint density at radius 2 is 2.00 bits per heavy atom. The molecule has 0 aromatic rings. The minimum Gasteiger partial charge on any atom is -0.499 e. The summed E-state index contributed by atoms with van der Waals surface area (Å²) < 4.78 is 14.8. The summed E-state index contributed by atoms with van der Waals surface area (Å²) in [5, 5.41) is 0. The summed E-state index contributed by atoms with van der Waals surface area (Å²) in [6.07, 6.45) is 2.65. The summed E-state index contributed by atoms with van der Waals surface area (Å²) >= 11 is 0. The molecule has 0 bridgehead atoms. The van der Waals surface area contributed by atoms with Gasteiger partial charge in [-0.1, -0.05) is 13.5 Å². The molecule has 0 N–H and O–H groups in total. The standard InChI is InChI=1S/C10H18O4/c1-3-5-10(11)14-9-8-13-7-6-12-4-2/h4H,2-3,5-9H2,1H3. The van der Waals surface area contributed by atoms with Gasteiger partial charge in [0.1, 0.15) is 13.2 Å². The van der Waals surface area contributed by atoms with Crippen molar-refractivity contribution in [2.75, 3.05) is 26.4 Å². The lowest BCUT2D eigenvalue weighted by Gasteiger charge is -2.05. The molecule has 0 atom stereocenters. The quantitative estimate of drug-likeness (QED) is 0.323. The fourth-order valence-electron chi connectivity index (χ4n) is 0.783. The Kier molecular flexibility index (Phi) is 9.31. The molecule has 0 aliphatic rings. The van der Waals surface area contributed by atoms with Gasteiger partial charge in [-0.3, -0.25) is 4.79 Å². The maximum atomic E-state index is 10.9. The summed E-state index contributed by atoms with van der Waals surface area (Å²) in [7, 11) is 0. The van der Waals surface area contributed by atoms with Gasteiger partial charge in [0, 0.05) is 6.42 Å². The molecule has 0 saturated carbocycles. The molecule has 0 unspecified atom stereocenters. The Morgan fingerprint density at radius 3 is 2.64 bits per heavy atom. The lowest BCUT2D eigenvalue weighted by atomic mass is 10.3. The van der Waals surface area contributed by atoms with E-state index in [4.69, 9.17) is 14.2 Å². The van der Waals surface area contributed by atoms with Crippen LogP contribution in [0.1, 0.15) is 19.8 Å². The molecule has 0 aliphatic heterocycles. The second-order valence-electron chi connectivity index (χ2n) is 2.62. The SMILES string of the molecule is C=COCCOCCOC(=O)CCC. The molecule has 0 amide bonds. The molecule has 14 heavy (non-hydrogen) atoms. The smallest absolute Gasteiger partial charge is 0.305 e. The first kappa shape index (κ1) is 13.0. The normalized spacial score (nSPS) is 9.50. The number of esters is 1. The predicted molar refractivity (Wildman–Crippen MR) is 52.8 cm³/mol. The highest BCUT2D eigenvalue weighted by atomic mass is 16.6. The number of rotatable bonds is 9. The van der Waals surface area contributed by atoms with Crippen LogP contribution in [-0.4, -0.2) is 32.4 Å². The summed E-state index contributed by atoms with van der Waals surface area (Å²) in [6, 6.07) is 0. The van der Waals surface area contributed by atoms with Crippen LogP contribution in [0, 0.1) is 0 Å². The van der Waals surface area contributed by atoms with Gasteiger partial charge in [0.2, 0.25) is 0 Å². The van der Waals surface area contributed by atoms with Crippen molar-refractivity contribution >= 4 is 5.97 Å². The van der Waals surface area contributed by atoms with E-state index >= 15 is 0 Å². The third-order valence-corrected chi connectivity index (χ3v) is 1.41. The van der Waals surface area contributed by atoms with Gasteiger partial charge in [-0.25, -0.2) is 0 Å². The second kappa shape index (κ2) is 10.1. The fraction of sp³-hybridized carbons (Fsp3) is 0.700. The molecule has 0 aliphatic carbocycles. The van der Waals surface area contributed by atoms with Crippen molar-refractivity contribution in [3.05, 3.63) is 12.8 Å². The van der Waals surface area contributed by atoms with Crippen molar-refractivity contribution in [1.82, 2.24) is 0 Å². The van der Waals surface area contributed by atoms with Crippen molar-refractivity contribution in [2.24, 2.45) is 0 Å². The van der Waals surface area contributed by atoms with Gasteiger partial charge in [0.25, 0.3) is 0 Å². The minimum absolute atomic E-state index is 0.168. The zero-order valence-electron chi connectivity index (χ0n) is 8.66. The summed E-state index contributed by atoms with van der Waals surface area (Å²) in [4.78, 5) is 10.9. The minimum atomic E-state index is -0.168. The Labute approximate surface area is 84.8 Å². The number of hydrogen-bond donors (Lipinski definition) is 0. The predicted octanol–water partition coefficient (Wildman–Crippen LogP) is 1.51. The maximum absolute atomic E-state index is 10.9. The van der Waals surface area contributed by atoms with E-state index in [1.807, 2.05) is 6.92 Å². The second-order valence-corrected chi connectivity index (χ2v) is 2.62. The van der Waals surface area contributed by atoms with Crippen LogP contribution in [-0.2, 0) is 19.0 Å². The Morgan fingerprint density at radius 1 is 1.29 bits per heavy atom. The highest BCUT2D eigenvalue weighted by Gasteiger charge is 1.99. The van der Waals surface area contributed by atoms with Crippen LogP contribution in [0.4, 0.5) is 0 Å². The molecular formula is C10H18O4. The van der Waals surface area contributed by atoms with Crippen LogP contribution >= 0.6 is 0 Å². The average molecular weight is 202 g/mol. The molecule has 4 nitrogen and oxygen atoms in total. The van der Waals surface area contributed by atoms with Gasteiger partial charge >= 0.3 is 5.97 Å². The monoisotopic (exact) mass is 202 g/mol. The first-order valence-electron chi connectivity index (χ1n) is 4.77. The molecule has 0 spiro atoms. The molecule has 0 rings (SSSR count). The van der Waals surface area contributed by atoms with Crippen molar-refractivity contribution in [2.45, 2.75) is 19.8 Å². The molecule has 0 heterocycles. The first-order valence-corrected chi connectivity index (χ1v) is 4.77.